The van der Waals surface area contributed by atoms with E-state index in [1.807, 2.05) is 0 Å². The van der Waals surface area contributed by atoms with Crippen LogP contribution in [-0.2, 0) is 10.8 Å². The molecular weight excluding hydrogens is 446 g/mol. The van der Waals surface area contributed by atoms with Crippen molar-refractivity contribution in [3.63, 3.8) is 0 Å². The van der Waals surface area contributed by atoms with Crippen molar-refractivity contribution in [2.45, 2.75) is 22.1 Å². The number of fused-ring (bicyclic) bond motifs is 1. The van der Waals surface area contributed by atoms with Crippen molar-refractivity contribution in [1.29, 1.82) is 0 Å². The molecule has 1 aromatic carbocycles. The highest BCUT2D eigenvalue weighted by molar-refractivity contribution is 7.99. The van der Waals surface area contributed by atoms with Crippen LogP contribution >= 0.6 is 35.1 Å². The van der Waals surface area contributed by atoms with Gasteiger partial charge in [0.25, 0.3) is 0 Å². The highest BCUT2D eigenvalue weighted by atomic mass is 35.5. The Hall–Kier alpha value is -1.42. The Morgan fingerprint density at radius 1 is 1.10 bits per heavy atom. The van der Waals surface area contributed by atoms with Crippen LogP contribution in [0.25, 0.3) is 11.0 Å². The molecule has 0 bridgehead atoms. The molecule has 0 aliphatic carbocycles. The first-order valence-electron chi connectivity index (χ1n) is 9.14. The smallest absolute Gasteiger partial charge is 0.225 e. The van der Waals surface area contributed by atoms with E-state index in [9.17, 15) is 4.21 Å². The molecule has 4 rings (SSSR count). The van der Waals surface area contributed by atoms with Crippen LogP contribution in [0.2, 0.25) is 5.28 Å². The second-order valence-corrected chi connectivity index (χ2v) is 10.8. The average molecular weight is 466 g/mol. The first kappa shape index (κ1) is 20.8. The lowest BCUT2D eigenvalue weighted by molar-refractivity contribution is 0.672. The number of benzene rings is 1. The second-order valence-electron chi connectivity index (χ2n) is 6.56. The van der Waals surface area contributed by atoms with Crippen molar-refractivity contribution in [2.24, 2.45) is 0 Å². The summed E-state index contributed by atoms with van der Waals surface area (Å²) in [6.45, 7) is 3.48. The lowest BCUT2D eigenvalue weighted by atomic mass is 10.2. The SMILES string of the molecule is CSc1ccc(C(C)Sc2ncnc3c(N4CCS(=O)CC4)nc(Cl)nc23)cc1. The van der Waals surface area contributed by atoms with Gasteiger partial charge in [-0.15, -0.1) is 11.8 Å². The molecule has 1 aliphatic rings. The molecule has 0 amide bonds. The zero-order valence-corrected chi connectivity index (χ0v) is 19.2. The first-order chi connectivity index (χ1) is 14.0. The Morgan fingerprint density at radius 2 is 1.83 bits per heavy atom. The maximum atomic E-state index is 11.7. The van der Waals surface area contributed by atoms with Crippen LogP contribution in [0.1, 0.15) is 17.7 Å². The predicted molar refractivity (Wildman–Crippen MR) is 123 cm³/mol. The molecule has 1 aliphatic heterocycles. The topological polar surface area (TPSA) is 71.9 Å². The van der Waals surface area contributed by atoms with E-state index in [0.717, 1.165) is 5.03 Å². The molecule has 0 radical (unpaired) electrons. The number of hydrogen-bond acceptors (Lipinski definition) is 8. The van der Waals surface area contributed by atoms with E-state index in [4.69, 9.17) is 11.6 Å². The van der Waals surface area contributed by atoms with Crippen molar-refractivity contribution in [1.82, 2.24) is 19.9 Å². The third kappa shape index (κ3) is 4.68. The molecule has 152 valence electrons. The summed E-state index contributed by atoms with van der Waals surface area (Å²) in [6, 6.07) is 8.56. The third-order valence-electron chi connectivity index (χ3n) is 4.75. The highest BCUT2D eigenvalue weighted by Gasteiger charge is 2.22. The van der Waals surface area contributed by atoms with Gasteiger partial charge in [-0.25, -0.2) is 15.0 Å². The molecule has 10 heteroatoms. The summed E-state index contributed by atoms with van der Waals surface area (Å²) >= 11 is 9.61. The lowest BCUT2D eigenvalue weighted by Crippen LogP contribution is -2.38. The summed E-state index contributed by atoms with van der Waals surface area (Å²) in [6.07, 6.45) is 3.62. The fraction of sp³-hybridized carbons (Fsp3) is 0.368. The minimum absolute atomic E-state index is 0.174. The normalized spacial score (nSPS) is 16.3. The van der Waals surface area contributed by atoms with Gasteiger partial charge in [0.15, 0.2) is 5.82 Å². The molecule has 1 fully saturated rings. The molecule has 1 unspecified atom stereocenters. The molecular formula is C19H20ClN5OS3. The van der Waals surface area contributed by atoms with Crippen molar-refractivity contribution in [3.8, 4) is 0 Å². The van der Waals surface area contributed by atoms with Gasteiger partial charge in [0.1, 0.15) is 22.4 Å². The van der Waals surface area contributed by atoms with E-state index in [1.165, 1.54) is 10.5 Å². The zero-order chi connectivity index (χ0) is 20.4. The summed E-state index contributed by atoms with van der Waals surface area (Å²) in [5, 5.41) is 1.15. The van der Waals surface area contributed by atoms with Gasteiger partial charge < -0.3 is 4.90 Å². The minimum atomic E-state index is -0.766. The largest absolute Gasteiger partial charge is 0.353 e. The predicted octanol–water partition coefficient (Wildman–Crippen LogP) is 4.22. The summed E-state index contributed by atoms with van der Waals surface area (Å²) in [5.74, 6) is 1.94. The Morgan fingerprint density at radius 3 is 2.52 bits per heavy atom. The van der Waals surface area contributed by atoms with Crippen LogP contribution in [0, 0.1) is 0 Å². The van der Waals surface area contributed by atoms with Crippen molar-refractivity contribution >= 4 is 62.8 Å². The minimum Gasteiger partial charge on any atom is -0.353 e. The van der Waals surface area contributed by atoms with Crippen LogP contribution in [0.3, 0.4) is 0 Å². The van der Waals surface area contributed by atoms with E-state index in [0.29, 0.717) is 41.4 Å². The molecule has 1 atom stereocenters. The average Bonchev–Trinajstić information content (AvgIpc) is 2.74. The van der Waals surface area contributed by atoms with Gasteiger partial charge in [-0.3, -0.25) is 4.21 Å². The van der Waals surface area contributed by atoms with E-state index in [1.54, 1.807) is 29.9 Å². The molecule has 2 aromatic heterocycles. The van der Waals surface area contributed by atoms with Gasteiger partial charge in [0.05, 0.1) is 0 Å². The number of anilines is 1. The molecule has 3 aromatic rings. The van der Waals surface area contributed by atoms with Crippen LogP contribution in [-0.4, -0.2) is 55.0 Å². The number of nitrogens with zero attached hydrogens (tertiary/aromatic N) is 5. The molecule has 0 saturated carbocycles. The number of halogens is 1. The quantitative estimate of drug-likeness (QED) is 0.315. The van der Waals surface area contributed by atoms with Crippen molar-refractivity contribution < 1.29 is 4.21 Å². The van der Waals surface area contributed by atoms with Gasteiger partial charge >= 0.3 is 0 Å². The summed E-state index contributed by atoms with van der Waals surface area (Å²) < 4.78 is 11.7. The summed E-state index contributed by atoms with van der Waals surface area (Å²) in [4.78, 5) is 21.1. The Bertz CT molecular complexity index is 1040. The molecule has 1 saturated heterocycles. The molecule has 6 nitrogen and oxygen atoms in total. The number of thioether (sulfide) groups is 2. The van der Waals surface area contributed by atoms with Crippen LogP contribution < -0.4 is 4.90 Å². The van der Waals surface area contributed by atoms with E-state index in [2.05, 4.69) is 62.3 Å². The third-order valence-corrected chi connectivity index (χ3v) is 8.09. The fourth-order valence-electron chi connectivity index (χ4n) is 3.15. The molecule has 0 spiro atoms. The van der Waals surface area contributed by atoms with Crippen molar-refractivity contribution in [3.05, 3.63) is 41.4 Å². The Kier molecular flexibility index (Phi) is 6.58. The fourth-order valence-corrected chi connectivity index (χ4v) is 5.77. The van der Waals surface area contributed by atoms with Gasteiger partial charge in [-0.1, -0.05) is 23.9 Å². The van der Waals surface area contributed by atoms with Gasteiger partial charge in [0.2, 0.25) is 5.28 Å². The van der Waals surface area contributed by atoms with Gasteiger partial charge in [-0.2, -0.15) is 4.98 Å². The zero-order valence-electron chi connectivity index (χ0n) is 16.0. The highest BCUT2D eigenvalue weighted by Crippen LogP contribution is 2.38. The monoisotopic (exact) mass is 465 g/mol. The van der Waals surface area contributed by atoms with E-state index >= 15 is 0 Å². The van der Waals surface area contributed by atoms with E-state index < -0.39 is 10.8 Å². The number of aromatic nitrogens is 4. The van der Waals surface area contributed by atoms with Gasteiger partial charge in [-0.05, 0) is 42.5 Å². The Balaban J connectivity index is 1.67. The number of hydrogen-bond donors (Lipinski definition) is 0. The maximum Gasteiger partial charge on any atom is 0.225 e. The molecule has 29 heavy (non-hydrogen) atoms. The second kappa shape index (κ2) is 9.16. The first-order valence-corrected chi connectivity index (χ1v) is 13.1. The lowest BCUT2D eigenvalue weighted by Gasteiger charge is -2.27. The number of rotatable bonds is 5. The summed E-state index contributed by atoms with van der Waals surface area (Å²) in [5.41, 5.74) is 2.56. The summed E-state index contributed by atoms with van der Waals surface area (Å²) in [7, 11) is -0.766. The Labute approximate surface area is 185 Å². The van der Waals surface area contributed by atoms with Crippen molar-refractivity contribution in [2.75, 3.05) is 35.8 Å². The molecule has 3 heterocycles. The van der Waals surface area contributed by atoms with Crippen LogP contribution in [0.15, 0.2) is 40.5 Å². The molecule has 0 N–H and O–H groups in total. The van der Waals surface area contributed by atoms with E-state index in [-0.39, 0.29) is 10.5 Å². The van der Waals surface area contributed by atoms with Crippen LogP contribution in [0.4, 0.5) is 5.82 Å². The maximum absolute atomic E-state index is 11.7. The van der Waals surface area contributed by atoms with Crippen LogP contribution in [0.5, 0.6) is 0 Å². The standard InChI is InChI=1S/C19H20ClN5OS3/c1-12(13-3-5-14(27-2)6-4-13)28-18-16-15(21-11-22-18)17(24-19(20)23-16)25-7-9-29(26)10-8-25/h3-6,11-12H,7-10H2,1-2H3. The van der Waals surface area contributed by atoms with Gasteiger partial charge in [0, 0.05) is 45.5 Å².